The topological polar surface area (TPSA) is 40.6 Å². The molecule has 2 saturated heterocycles. The van der Waals surface area contributed by atoms with Crippen molar-refractivity contribution in [1.29, 1.82) is 0 Å². The highest BCUT2D eigenvalue weighted by atomic mass is 32.1. The average molecular weight is 228 g/mol. The van der Waals surface area contributed by atoms with Gasteiger partial charge in [0.05, 0.1) is 6.54 Å². The molecule has 15 heavy (non-hydrogen) atoms. The SMILES string of the molecule is O=C1C2CCCN2C(=O)CN1CCCS. The molecule has 0 aromatic carbocycles. The first-order valence-corrected chi connectivity index (χ1v) is 6.06. The zero-order valence-electron chi connectivity index (χ0n) is 8.69. The van der Waals surface area contributed by atoms with Gasteiger partial charge in [-0.3, -0.25) is 9.59 Å². The fourth-order valence-electron chi connectivity index (χ4n) is 2.32. The largest absolute Gasteiger partial charge is 0.332 e. The van der Waals surface area contributed by atoms with Crippen molar-refractivity contribution < 1.29 is 9.59 Å². The van der Waals surface area contributed by atoms with Crippen LogP contribution in [-0.2, 0) is 9.59 Å². The molecule has 2 rings (SSSR count). The van der Waals surface area contributed by atoms with Crippen molar-refractivity contribution in [3.8, 4) is 0 Å². The molecular formula is C10H16N2O2S. The average Bonchev–Trinajstić information content (AvgIpc) is 2.70. The molecule has 4 nitrogen and oxygen atoms in total. The van der Waals surface area contributed by atoms with Crippen LogP contribution >= 0.6 is 12.6 Å². The van der Waals surface area contributed by atoms with Crippen LogP contribution in [0.3, 0.4) is 0 Å². The normalized spacial score (nSPS) is 26.1. The predicted molar refractivity (Wildman–Crippen MR) is 59.8 cm³/mol. The molecule has 0 radical (unpaired) electrons. The molecule has 2 amide bonds. The van der Waals surface area contributed by atoms with E-state index in [4.69, 9.17) is 0 Å². The van der Waals surface area contributed by atoms with E-state index in [1.54, 1.807) is 9.80 Å². The second kappa shape index (κ2) is 4.43. The Kier molecular flexibility index (Phi) is 3.19. The van der Waals surface area contributed by atoms with Gasteiger partial charge in [-0.25, -0.2) is 0 Å². The first-order chi connectivity index (χ1) is 7.24. The van der Waals surface area contributed by atoms with E-state index in [-0.39, 0.29) is 24.4 Å². The molecule has 2 heterocycles. The summed E-state index contributed by atoms with van der Waals surface area (Å²) < 4.78 is 0. The summed E-state index contributed by atoms with van der Waals surface area (Å²) in [6, 6.07) is -0.161. The first-order valence-electron chi connectivity index (χ1n) is 5.43. The summed E-state index contributed by atoms with van der Waals surface area (Å²) in [6.07, 6.45) is 2.65. The summed E-state index contributed by atoms with van der Waals surface area (Å²) in [5.41, 5.74) is 0. The summed E-state index contributed by atoms with van der Waals surface area (Å²) in [5, 5.41) is 0. The Labute approximate surface area is 95.0 Å². The van der Waals surface area contributed by atoms with Crippen LogP contribution in [0.4, 0.5) is 0 Å². The Hall–Kier alpha value is -0.710. The van der Waals surface area contributed by atoms with Gasteiger partial charge in [-0.1, -0.05) is 0 Å². The lowest BCUT2D eigenvalue weighted by Gasteiger charge is -2.36. The van der Waals surface area contributed by atoms with Crippen LogP contribution in [0.5, 0.6) is 0 Å². The molecule has 84 valence electrons. The fraction of sp³-hybridized carbons (Fsp3) is 0.800. The molecule has 1 unspecified atom stereocenters. The number of rotatable bonds is 3. The lowest BCUT2D eigenvalue weighted by molar-refractivity contribution is -0.153. The minimum atomic E-state index is -0.161. The number of nitrogens with zero attached hydrogens (tertiary/aromatic N) is 2. The third-order valence-electron chi connectivity index (χ3n) is 3.08. The van der Waals surface area contributed by atoms with Gasteiger partial charge < -0.3 is 9.80 Å². The summed E-state index contributed by atoms with van der Waals surface area (Å²) in [7, 11) is 0. The standard InChI is InChI=1S/C10H16N2O2S/c13-9-7-11(4-2-6-15)10(14)8-3-1-5-12(8)9/h8,15H,1-7H2. The number of thiol groups is 1. The Balaban J connectivity index is 2.03. The van der Waals surface area contributed by atoms with Gasteiger partial charge in [-0.2, -0.15) is 12.6 Å². The molecule has 2 aliphatic heterocycles. The summed E-state index contributed by atoms with van der Waals surface area (Å²) in [6.45, 7) is 1.69. The summed E-state index contributed by atoms with van der Waals surface area (Å²) >= 11 is 4.11. The van der Waals surface area contributed by atoms with Gasteiger partial charge >= 0.3 is 0 Å². The van der Waals surface area contributed by atoms with Gasteiger partial charge in [0.25, 0.3) is 0 Å². The molecular weight excluding hydrogens is 212 g/mol. The van der Waals surface area contributed by atoms with Crippen LogP contribution < -0.4 is 0 Å². The van der Waals surface area contributed by atoms with Crippen molar-refractivity contribution in [2.75, 3.05) is 25.4 Å². The number of hydrogen-bond acceptors (Lipinski definition) is 3. The first kappa shape index (κ1) is 10.8. The Bertz CT molecular complexity index is 283. The van der Waals surface area contributed by atoms with Crippen molar-refractivity contribution in [3.63, 3.8) is 0 Å². The lowest BCUT2D eigenvalue weighted by Crippen LogP contribution is -2.57. The second-order valence-corrected chi connectivity index (χ2v) is 4.53. The Morgan fingerprint density at radius 1 is 1.40 bits per heavy atom. The van der Waals surface area contributed by atoms with Crippen LogP contribution in [-0.4, -0.2) is 53.0 Å². The maximum Gasteiger partial charge on any atom is 0.245 e. The zero-order chi connectivity index (χ0) is 10.8. The highest BCUT2D eigenvalue weighted by Crippen LogP contribution is 2.23. The highest BCUT2D eigenvalue weighted by molar-refractivity contribution is 7.80. The molecule has 2 aliphatic rings. The van der Waals surface area contributed by atoms with Crippen LogP contribution in [0.25, 0.3) is 0 Å². The van der Waals surface area contributed by atoms with Gasteiger partial charge in [0.15, 0.2) is 0 Å². The van der Waals surface area contributed by atoms with Crippen LogP contribution in [0, 0.1) is 0 Å². The second-order valence-electron chi connectivity index (χ2n) is 4.08. The third kappa shape index (κ3) is 1.97. The molecule has 0 spiro atoms. The van der Waals surface area contributed by atoms with Crippen LogP contribution in [0.15, 0.2) is 0 Å². The van der Waals surface area contributed by atoms with Crippen molar-refractivity contribution >= 4 is 24.4 Å². The molecule has 5 heteroatoms. The van der Waals surface area contributed by atoms with E-state index in [1.807, 2.05) is 0 Å². The number of amides is 2. The third-order valence-corrected chi connectivity index (χ3v) is 3.40. The number of carbonyl (C=O) groups excluding carboxylic acids is 2. The molecule has 0 N–H and O–H groups in total. The van der Waals surface area contributed by atoms with E-state index >= 15 is 0 Å². The van der Waals surface area contributed by atoms with Crippen molar-refractivity contribution in [3.05, 3.63) is 0 Å². The molecule has 1 atom stereocenters. The molecule has 0 aromatic rings. The Morgan fingerprint density at radius 3 is 2.93 bits per heavy atom. The van der Waals surface area contributed by atoms with Gasteiger partial charge in [-0.15, -0.1) is 0 Å². The monoisotopic (exact) mass is 228 g/mol. The van der Waals surface area contributed by atoms with Crippen molar-refractivity contribution in [2.45, 2.75) is 25.3 Å². The maximum absolute atomic E-state index is 12.0. The van der Waals surface area contributed by atoms with Gasteiger partial charge in [-0.05, 0) is 25.0 Å². The molecule has 0 bridgehead atoms. The van der Waals surface area contributed by atoms with Gasteiger partial charge in [0, 0.05) is 13.1 Å². The smallest absolute Gasteiger partial charge is 0.245 e. The van der Waals surface area contributed by atoms with E-state index in [0.717, 1.165) is 31.6 Å². The van der Waals surface area contributed by atoms with Crippen LogP contribution in [0.2, 0.25) is 0 Å². The minimum Gasteiger partial charge on any atom is -0.332 e. The zero-order valence-corrected chi connectivity index (χ0v) is 9.58. The molecule has 2 fully saturated rings. The maximum atomic E-state index is 12.0. The number of fused-ring (bicyclic) bond motifs is 1. The van der Waals surface area contributed by atoms with E-state index in [1.165, 1.54) is 0 Å². The van der Waals surface area contributed by atoms with Crippen LogP contribution in [0.1, 0.15) is 19.3 Å². The van der Waals surface area contributed by atoms with Gasteiger partial charge in [0.1, 0.15) is 6.04 Å². The van der Waals surface area contributed by atoms with E-state index in [0.29, 0.717) is 6.54 Å². The van der Waals surface area contributed by atoms with E-state index in [2.05, 4.69) is 12.6 Å². The van der Waals surface area contributed by atoms with Gasteiger partial charge in [0.2, 0.25) is 11.8 Å². The number of carbonyl (C=O) groups is 2. The fourth-order valence-corrected chi connectivity index (χ4v) is 2.46. The van der Waals surface area contributed by atoms with Crippen molar-refractivity contribution in [2.24, 2.45) is 0 Å². The molecule has 0 aliphatic carbocycles. The van der Waals surface area contributed by atoms with Crippen molar-refractivity contribution in [1.82, 2.24) is 9.80 Å². The Morgan fingerprint density at radius 2 is 2.20 bits per heavy atom. The quantitative estimate of drug-likeness (QED) is 0.698. The highest BCUT2D eigenvalue weighted by Gasteiger charge is 2.41. The summed E-state index contributed by atoms with van der Waals surface area (Å²) in [4.78, 5) is 27.1. The number of piperazine rings is 1. The van der Waals surface area contributed by atoms with E-state index in [9.17, 15) is 9.59 Å². The van der Waals surface area contributed by atoms with E-state index < -0.39 is 0 Å². The molecule has 0 aromatic heterocycles. The number of hydrogen-bond donors (Lipinski definition) is 1. The lowest BCUT2D eigenvalue weighted by atomic mass is 10.1. The molecule has 0 saturated carbocycles. The predicted octanol–water partition coefficient (Wildman–Crippen LogP) is 0.140. The minimum absolute atomic E-state index is 0.108. The summed E-state index contributed by atoms with van der Waals surface area (Å²) in [5.74, 6) is 0.997.